The van der Waals surface area contributed by atoms with Crippen LogP contribution in [-0.2, 0) is 11.3 Å². The molecular formula is C13H18ClFO. The molecule has 0 spiro atoms. The summed E-state index contributed by atoms with van der Waals surface area (Å²) in [5.74, 6) is -0.293. The Morgan fingerprint density at radius 2 is 2.12 bits per heavy atom. The number of halogens is 2. The first kappa shape index (κ1) is 13.5. The lowest BCUT2D eigenvalue weighted by Crippen LogP contribution is -2.12. The van der Waals surface area contributed by atoms with Crippen LogP contribution in [0.4, 0.5) is 4.39 Å². The third kappa shape index (κ3) is 3.76. The molecule has 1 aromatic rings. The highest BCUT2D eigenvalue weighted by molar-refractivity contribution is 6.31. The molecule has 0 aliphatic heterocycles. The zero-order valence-electron chi connectivity index (χ0n) is 9.80. The van der Waals surface area contributed by atoms with E-state index in [1.54, 1.807) is 12.1 Å². The van der Waals surface area contributed by atoms with Crippen molar-refractivity contribution in [2.24, 2.45) is 0 Å². The second-order valence-electron chi connectivity index (χ2n) is 3.83. The molecule has 0 N–H and O–H groups in total. The van der Waals surface area contributed by atoms with Crippen molar-refractivity contribution in [1.82, 2.24) is 0 Å². The number of rotatable bonds is 6. The van der Waals surface area contributed by atoms with Crippen molar-refractivity contribution in [3.05, 3.63) is 34.6 Å². The van der Waals surface area contributed by atoms with Gasteiger partial charge in [0, 0.05) is 10.6 Å². The molecule has 0 saturated heterocycles. The van der Waals surface area contributed by atoms with Crippen molar-refractivity contribution >= 4 is 11.6 Å². The predicted molar refractivity (Wildman–Crippen MR) is 65.2 cm³/mol. The maximum atomic E-state index is 13.4. The van der Waals surface area contributed by atoms with Crippen molar-refractivity contribution in [3.8, 4) is 0 Å². The zero-order chi connectivity index (χ0) is 12.0. The summed E-state index contributed by atoms with van der Waals surface area (Å²) >= 11 is 5.91. The maximum absolute atomic E-state index is 13.4. The molecule has 0 aliphatic carbocycles. The van der Waals surface area contributed by atoms with Gasteiger partial charge < -0.3 is 4.74 Å². The molecule has 1 aromatic carbocycles. The van der Waals surface area contributed by atoms with E-state index in [0.717, 1.165) is 19.3 Å². The Morgan fingerprint density at radius 3 is 2.69 bits per heavy atom. The number of hydrogen-bond donors (Lipinski definition) is 0. The molecule has 1 nitrogen and oxygen atoms in total. The summed E-state index contributed by atoms with van der Waals surface area (Å²) in [5, 5.41) is 0.436. The number of hydrogen-bond acceptors (Lipinski definition) is 1. The van der Waals surface area contributed by atoms with Crippen LogP contribution in [0.15, 0.2) is 18.2 Å². The van der Waals surface area contributed by atoms with Crippen LogP contribution < -0.4 is 0 Å². The fraction of sp³-hybridized carbons (Fsp3) is 0.538. The fourth-order valence-electron chi connectivity index (χ4n) is 1.60. The molecule has 0 saturated carbocycles. The van der Waals surface area contributed by atoms with Gasteiger partial charge in [0.2, 0.25) is 0 Å². The van der Waals surface area contributed by atoms with Gasteiger partial charge in [0.25, 0.3) is 0 Å². The largest absolute Gasteiger partial charge is 0.373 e. The van der Waals surface area contributed by atoms with Crippen LogP contribution in [0, 0.1) is 5.82 Å². The maximum Gasteiger partial charge on any atom is 0.130 e. The standard InChI is InChI=1S/C13H18ClFO/c1-3-6-10(4-2)16-9-11-12(14)7-5-8-13(11)15/h5,7-8,10H,3-4,6,9H2,1-2H3. The Hall–Kier alpha value is -0.600. The van der Waals surface area contributed by atoms with E-state index in [4.69, 9.17) is 16.3 Å². The number of benzene rings is 1. The molecule has 1 rings (SSSR count). The average molecular weight is 245 g/mol. The molecule has 0 bridgehead atoms. The molecule has 0 radical (unpaired) electrons. The molecule has 1 unspecified atom stereocenters. The van der Waals surface area contributed by atoms with E-state index in [0.29, 0.717) is 10.6 Å². The van der Waals surface area contributed by atoms with E-state index >= 15 is 0 Å². The van der Waals surface area contributed by atoms with E-state index in [9.17, 15) is 4.39 Å². The average Bonchev–Trinajstić information content (AvgIpc) is 2.27. The highest BCUT2D eigenvalue weighted by atomic mass is 35.5. The molecule has 0 aromatic heterocycles. The Bertz CT molecular complexity index is 307. The van der Waals surface area contributed by atoms with Gasteiger partial charge in [0.15, 0.2) is 0 Å². The SMILES string of the molecule is CCCC(CC)OCc1c(F)cccc1Cl. The smallest absolute Gasteiger partial charge is 0.130 e. The van der Waals surface area contributed by atoms with Crippen LogP contribution in [-0.4, -0.2) is 6.10 Å². The molecule has 90 valence electrons. The van der Waals surface area contributed by atoms with Crippen molar-refractivity contribution in [3.63, 3.8) is 0 Å². The third-order valence-corrected chi connectivity index (χ3v) is 2.95. The van der Waals surface area contributed by atoms with E-state index in [1.165, 1.54) is 6.07 Å². The summed E-state index contributed by atoms with van der Waals surface area (Å²) < 4.78 is 19.1. The highest BCUT2D eigenvalue weighted by Gasteiger charge is 2.10. The van der Waals surface area contributed by atoms with Crippen molar-refractivity contribution < 1.29 is 9.13 Å². The van der Waals surface area contributed by atoms with Crippen LogP contribution >= 0.6 is 11.6 Å². The molecule has 0 amide bonds. The molecule has 16 heavy (non-hydrogen) atoms. The second-order valence-corrected chi connectivity index (χ2v) is 4.24. The molecular weight excluding hydrogens is 227 g/mol. The second kappa shape index (κ2) is 6.87. The first-order valence-corrected chi connectivity index (χ1v) is 6.11. The Balaban J connectivity index is 2.59. The molecule has 0 heterocycles. The van der Waals surface area contributed by atoms with E-state index < -0.39 is 0 Å². The van der Waals surface area contributed by atoms with Gasteiger partial charge in [0.1, 0.15) is 5.82 Å². The summed E-state index contributed by atoms with van der Waals surface area (Å²) in [6, 6.07) is 4.69. The Morgan fingerprint density at radius 1 is 1.38 bits per heavy atom. The fourth-order valence-corrected chi connectivity index (χ4v) is 1.82. The highest BCUT2D eigenvalue weighted by Crippen LogP contribution is 2.21. The van der Waals surface area contributed by atoms with Gasteiger partial charge in [-0.2, -0.15) is 0 Å². The van der Waals surface area contributed by atoms with Crippen LogP contribution in [0.25, 0.3) is 0 Å². The van der Waals surface area contributed by atoms with Gasteiger partial charge in [0.05, 0.1) is 12.7 Å². The van der Waals surface area contributed by atoms with Gasteiger partial charge in [-0.1, -0.05) is 37.9 Å². The summed E-state index contributed by atoms with van der Waals surface area (Å²) in [5.41, 5.74) is 0.457. The van der Waals surface area contributed by atoms with E-state index in [-0.39, 0.29) is 18.5 Å². The van der Waals surface area contributed by atoms with E-state index in [1.807, 2.05) is 0 Å². The van der Waals surface area contributed by atoms with Gasteiger partial charge in [-0.15, -0.1) is 0 Å². The summed E-state index contributed by atoms with van der Waals surface area (Å²) in [6.45, 7) is 4.44. The predicted octanol–water partition coefficient (Wildman–Crippen LogP) is 4.57. The van der Waals surface area contributed by atoms with Crippen molar-refractivity contribution in [2.75, 3.05) is 0 Å². The summed E-state index contributed by atoms with van der Waals surface area (Å²) in [6.07, 6.45) is 3.21. The normalized spacial score (nSPS) is 12.8. The van der Waals surface area contributed by atoms with Gasteiger partial charge in [-0.3, -0.25) is 0 Å². The summed E-state index contributed by atoms with van der Waals surface area (Å²) in [7, 11) is 0. The minimum absolute atomic E-state index is 0.195. The van der Waals surface area contributed by atoms with Crippen molar-refractivity contribution in [1.29, 1.82) is 0 Å². The lowest BCUT2D eigenvalue weighted by atomic mass is 10.1. The van der Waals surface area contributed by atoms with Crippen LogP contribution in [0.2, 0.25) is 5.02 Å². The monoisotopic (exact) mass is 244 g/mol. The molecule has 3 heteroatoms. The zero-order valence-corrected chi connectivity index (χ0v) is 10.6. The third-order valence-electron chi connectivity index (χ3n) is 2.59. The Labute approximate surface area is 102 Å². The van der Waals surface area contributed by atoms with Crippen LogP contribution in [0.1, 0.15) is 38.7 Å². The van der Waals surface area contributed by atoms with Crippen molar-refractivity contribution in [2.45, 2.75) is 45.8 Å². The molecule has 0 aliphatic rings. The van der Waals surface area contributed by atoms with Crippen LogP contribution in [0.5, 0.6) is 0 Å². The first-order valence-electron chi connectivity index (χ1n) is 5.73. The quantitative estimate of drug-likeness (QED) is 0.712. The summed E-state index contributed by atoms with van der Waals surface area (Å²) in [4.78, 5) is 0. The first-order chi connectivity index (χ1) is 7.69. The van der Waals surface area contributed by atoms with Gasteiger partial charge >= 0.3 is 0 Å². The lowest BCUT2D eigenvalue weighted by Gasteiger charge is -2.16. The van der Waals surface area contributed by atoms with Gasteiger partial charge in [-0.05, 0) is 25.0 Å². The topological polar surface area (TPSA) is 9.23 Å². The lowest BCUT2D eigenvalue weighted by molar-refractivity contribution is 0.0308. The minimum atomic E-state index is -0.293. The number of ether oxygens (including phenoxy) is 1. The van der Waals surface area contributed by atoms with Crippen LogP contribution in [0.3, 0.4) is 0 Å². The molecule has 0 fully saturated rings. The van der Waals surface area contributed by atoms with E-state index in [2.05, 4.69) is 13.8 Å². The molecule has 1 atom stereocenters. The van der Waals surface area contributed by atoms with Gasteiger partial charge in [-0.25, -0.2) is 4.39 Å². The Kier molecular flexibility index (Phi) is 5.78. The minimum Gasteiger partial charge on any atom is -0.373 e.